The topological polar surface area (TPSA) is 33.5 Å². The van der Waals surface area contributed by atoms with Crippen molar-refractivity contribution in [2.24, 2.45) is 0 Å². The zero-order valence-corrected chi connectivity index (χ0v) is 39.0. The molecule has 0 aliphatic carbocycles. The van der Waals surface area contributed by atoms with Crippen molar-refractivity contribution >= 4 is 44.6 Å². The third-order valence-electron chi connectivity index (χ3n) is 13.2. The van der Waals surface area contributed by atoms with Gasteiger partial charge in [0, 0.05) is 40.5 Å². The number of benzene rings is 8. The molecule has 5 nitrogen and oxygen atoms in total. The molecule has 0 atom stereocenters. The molecule has 328 valence electrons. The van der Waals surface area contributed by atoms with Crippen LogP contribution in [-0.4, -0.2) is 16.2 Å². The van der Waals surface area contributed by atoms with Crippen LogP contribution >= 0.6 is 0 Å². The van der Waals surface area contributed by atoms with E-state index in [0.29, 0.717) is 6.67 Å². The summed E-state index contributed by atoms with van der Waals surface area (Å²) in [6, 6.07) is 71.8. The molecule has 1 aliphatic rings. The molecule has 0 fully saturated rings. The first-order valence-corrected chi connectivity index (χ1v) is 23.3. The van der Waals surface area contributed by atoms with Gasteiger partial charge in [0.05, 0.1) is 22.4 Å². The molecule has 11 rings (SSSR count). The van der Waals surface area contributed by atoms with Crippen LogP contribution in [0.1, 0.15) is 52.7 Å². The minimum absolute atomic E-state index is 0.0525. The van der Waals surface area contributed by atoms with Gasteiger partial charge in [-0.3, -0.25) is 4.57 Å². The maximum absolute atomic E-state index is 6.82. The third-order valence-corrected chi connectivity index (χ3v) is 13.2. The maximum Gasteiger partial charge on any atom is 0.138 e. The zero-order valence-electron chi connectivity index (χ0n) is 39.0. The van der Waals surface area contributed by atoms with Crippen LogP contribution in [0.5, 0.6) is 11.5 Å². The third kappa shape index (κ3) is 7.91. The van der Waals surface area contributed by atoms with E-state index in [-0.39, 0.29) is 10.8 Å². The Hall–Kier alpha value is -7.89. The first kappa shape index (κ1) is 41.8. The normalized spacial score (nSPS) is 12.8. The maximum atomic E-state index is 6.82. The van der Waals surface area contributed by atoms with Crippen molar-refractivity contribution in [3.63, 3.8) is 0 Å². The Kier molecular flexibility index (Phi) is 10.3. The highest BCUT2D eigenvalue weighted by molar-refractivity contribution is 6.09. The van der Waals surface area contributed by atoms with Gasteiger partial charge in [0.2, 0.25) is 0 Å². The number of hydrogen-bond acceptors (Lipinski definition) is 4. The summed E-state index contributed by atoms with van der Waals surface area (Å²) < 4.78 is 9.12. The van der Waals surface area contributed by atoms with E-state index in [0.717, 1.165) is 55.9 Å². The Morgan fingerprint density at radius 1 is 0.433 bits per heavy atom. The van der Waals surface area contributed by atoms with Crippen LogP contribution in [0.3, 0.4) is 0 Å². The van der Waals surface area contributed by atoms with Crippen molar-refractivity contribution in [1.82, 2.24) is 9.55 Å². The molecule has 0 amide bonds. The van der Waals surface area contributed by atoms with E-state index in [1.807, 2.05) is 6.07 Å². The first-order valence-electron chi connectivity index (χ1n) is 23.3. The lowest BCUT2D eigenvalue weighted by Crippen LogP contribution is -2.24. The second kappa shape index (κ2) is 16.5. The number of anilines is 4. The number of para-hydroxylation sites is 3. The molecule has 0 saturated heterocycles. The molecule has 5 heteroatoms. The van der Waals surface area contributed by atoms with Gasteiger partial charge in [0.1, 0.15) is 24.0 Å². The van der Waals surface area contributed by atoms with E-state index < -0.39 is 0 Å². The van der Waals surface area contributed by atoms with Crippen LogP contribution in [0.2, 0.25) is 0 Å². The number of nitrogens with zero attached hydrogens (tertiary/aromatic N) is 4. The van der Waals surface area contributed by atoms with Crippen LogP contribution in [0.15, 0.2) is 206 Å². The SMILES string of the molecule is CC(C)(C)c1cccc(N2CN(c3cccc(Oc4ccc5c6ccccc6n(-c6cc(-c7cc(-c8ccccc8)cc(-c8ccccc8)c7)c(C(C)(C)C)cn6)c5c4)c3)c3ccccc32)c1. The van der Waals surface area contributed by atoms with Gasteiger partial charge in [-0.15, -0.1) is 0 Å². The minimum atomic E-state index is -0.167. The van der Waals surface area contributed by atoms with Crippen molar-refractivity contribution in [3.8, 4) is 50.7 Å². The molecule has 67 heavy (non-hydrogen) atoms. The van der Waals surface area contributed by atoms with Crippen LogP contribution in [0.25, 0.3) is 61.0 Å². The van der Waals surface area contributed by atoms with Crippen LogP contribution < -0.4 is 14.5 Å². The standard InChI is InChI=1S/C62H54N4O/c1-61(2,3)47-23-17-24-48(36-47)64-41-65(58-30-16-15-29-57(58)64)49-25-18-26-50(37-49)67-51-31-32-53-52-27-13-14-28-56(52)66(59(53)38-51)60-39-54(55(40-63-60)62(4,5)6)46-34-44(42-19-9-7-10-20-42)33-45(35-46)43-21-11-8-12-22-43/h7-40H,41H2,1-6H3. The molecule has 8 aromatic carbocycles. The highest BCUT2D eigenvalue weighted by Gasteiger charge is 2.29. The summed E-state index contributed by atoms with van der Waals surface area (Å²) in [6.07, 6.45) is 2.09. The Balaban J connectivity index is 0.989. The Morgan fingerprint density at radius 2 is 1.00 bits per heavy atom. The minimum Gasteiger partial charge on any atom is -0.457 e. The number of rotatable bonds is 8. The lowest BCUT2D eigenvalue weighted by Gasteiger charge is -2.25. The van der Waals surface area contributed by atoms with E-state index >= 15 is 0 Å². The molecular weight excluding hydrogens is 817 g/mol. The van der Waals surface area contributed by atoms with Gasteiger partial charge in [-0.2, -0.15) is 0 Å². The molecule has 1 aliphatic heterocycles. The molecule has 0 spiro atoms. The quantitative estimate of drug-likeness (QED) is 0.152. The molecule has 10 aromatic rings. The molecule has 0 saturated carbocycles. The average Bonchev–Trinajstić information content (AvgIpc) is 3.90. The molecule has 0 radical (unpaired) electrons. The number of fused-ring (bicyclic) bond motifs is 4. The van der Waals surface area contributed by atoms with Crippen molar-refractivity contribution in [2.45, 2.75) is 52.4 Å². The van der Waals surface area contributed by atoms with Gasteiger partial charge < -0.3 is 14.5 Å². The zero-order chi connectivity index (χ0) is 45.9. The molecule has 2 aromatic heterocycles. The van der Waals surface area contributed by atoms with Gasteiger partial charge in [0.15, 0.2) is 0 Å². The van der Waals surface area contributed by atoms with E-state index in [1.54, 1.807) is 0 Å². The summed E-state index contributed by atoms with van der Waals surface area (Å²) in [4.78, 5) is 10.1. The van der Waals surface area contributed by atoms with Crippen molar-refractivity contribution in [3.05, 3.63) is 218 Å². The summed E-state index contributed by atoms with van der Waals surface area (Å²) in [5.41, 5.74) is 16.1. The highest BCUT2D eigenvalue weighted by atomic mass is 16.5. The Bertz CT molecular complexity index is 3390. The predicted molar refractivity (Wildman–Crippen MR) is 281 cm³/mol. The second-order valence-corrected chi connectivity index (χ2v) is 19.8. The number of ether oxygens (including phenoxy) is 1. The summed E-state index contributed by atoms with van der Waals surface area (Å²) in [5.74, 6) is 2.38. The number of aromatic nitrogens is 2. The van der Waals surface area contributed by atoms with Crippen LogP contribution in [-0.2, 0) is 10.8 Å². The molecule has 0 N–H and O–H groups in total. The van der Waals surface area contributed by atoms with Crippen LogP contribution in [0.4, 0.5) is 22.7 Å². The van der Waals surface area contributed by atoms with Crippen molar-refractivity contribution < 1.29 is 4.74 Å². The lowest BCUT2D eigenvalue weighted by atomic mass is 9.82. The van der Waals surface area contributed by atoms with E-state index in [9.17, 15) is 0 Å². The Morgan fingerprint density at radius 3 is 1.66 bits per heavy atom. The van der Waals surface area contributed by atoms with E-state index in [2.05, 4.69) is 256 Å². The fraction of sp³-hybridized carbons (Fsp3) is 0.145. The molecule has 0 unspecified atom stereocenters. The highest BCUT2D eigenvalue weighted by Crippen LogP contribution is 2.46. The number of hydrogen-bond donors (Lipinski definition) is 0. The van der Waals surface area contributed by atoms with E-state index in [4.69, 9.17) is 9.72 Å². The van der Waals surface area contributed by atoms with Crippen molar-refractivity contribution in [1.29, 1.82) is 0 Å². The summed E-state index contributed by atoms with van der Waals surface area (Å²) in [6.45, 7) is 14.3. The fourth-order valence-electron chi connectivity index (χ4n) is 9.69. The molecule has 0 bridgehead atoms. The number of pyridine rings is 1. The second-order valence-electron chi connectivity index (χ2n) is 19.8. The monoisotopic (exact) mass is 870 g/mol. The van der Waals surface area contributed by atoms with Gasteiger partial charge in [-0.25, -0.2) is 4.98 Å². The molecular formula is C62H54N4O. The Labute approximate surface area is 394 Å². The average molecular weight is 871 g/mol. The lowest BCUT2D eigenvalue weighted by molar-refractivity contribution is 0.483. The smallest absolute Gasteiger partial charge is 0.138 e. The van der Waals surface area contributed by atoms with Crippen molar-refractivity contribution in [2.75, 3.05) is 16.5 Å². The van der Waals surface area contributed by atoms with E-state index in [1.165, 1.54) is 50.4 Å². The summed E-state index contributed by atoms with van der Waals surface area (Å²) >= 11 is 0. The van der Waals surface area contributed by atoms with Crippen LogP contribution in [0, 0.1) is 0 Å². The van der Waals surface area contributed by atoms with Gasteiger partial charge in [0.25, 0.3) is 0 Å². The summed E-state index contributed by atoms with van der Waals surface area (Å²) in [7, 11) is 0. The first-order chi connectivity index (χ1) is 32.5. The predicted octanol–water partition coefficient (Wildman–Crippen LogP) is 16.8. The van der Waals surface area contributed by atoms with Gasteiger partial charge in [-0.05, 0) is 134 Å². The largest absolute Gasteiger partial charge is 0.457 e. The summed E-state index contributed by atoms with van der Waals surface area (Å²) in [5, 5.41) is 2.30. The molecule has 3 heterocycles. The fourth-order valence-corrected chi connectivity index (χ4v) is 9.69. The van der Waals surface area contributed by atoms with Gasteiger partial charge >= 0.3 is 0 Å². The van der Waals surface area contributed by atoms with Gasteiger partial charge in [-0.1, -0.05) is 151 Å².